The third-order valence-electron chi connectivity index (χ3n) is 4.34. The van der Waals surface area contributed by atoms with E-state index in [0.29, 0.717) is 24.7 Å². The first-order chi connectivity index (χ1) is 12.4. The molecule has 2 amide bonds. The van der Waals surface area contributed by atoms with E-state index in [1.165, 1.54) is 6.92 Å². The predicted octanol–water partition coefficient (Wildman–Crippen LogP) is 4.44. The zero-order valence-corrected chi connectivity index (χ0v) is 16.3. The number of halogens is 1. The summed E-state index contributed by atoms with van der Waals surface area (Å²) in [5.41, 5.74) is 2.80. The number of carbonyl (C=O) groups excluding carboxylic acids is 2. The van der Waals surface area contributed by atoms with Gasteiger partial charge in [0, 0.05) is 43.7 Å². The van der Waals surface area contributed by atoms with Gasteiger partial charge in [0.2, 0.25) is 11.8 Å². The molecule has 0 unspecified atom stereocenters. The van der Waals surface area contributed by atoms with Crippen molar-refractivity contribution in [3.63, 3.8) is 0 Å². The summed E-state index contributed by atoms with van der Waals surface area (Å²) >= 11 is 6.08. The molecule has 0 fully saturated rings. The molecule has 0 spiro atoms. The van der Waals surface area contributed by atoms with Gasteiger partial charge in [0.05, 0.1) is 0 Å². The molecule has 0 aliphatic heterocycles. The van der Waals surface area contributed by atoms with Crippen molar-refractivity contribution >= 4 is 29.1 Å². The molecule has 2 aromatic carbocycles. The van der Waals surface area contributed by atoms with Crippen molar-refractivity contribution in [2.75, 3.05) is 18.0 Å². The summed E-state index contributed by atoms with van der Waals surface area (Å²) in [5.74, 6) is -0.0726. The molecule has 4 nitrogen and oxygen atoms in total. The Balaban J connectivity index is 2.06. The maximum absolute atomic E-state index is 12.7. The third kappa shape index (κ3) is 5.33. The lowest BCUT2D eigenvalue weighted by molar-refractivity contribution is -0.131. The summed E-state index contributed by atoms with van der Waals surface area (Å²) in [6.07, 6.45) is 0.270. The highest BCUT2D eigenvalue weighted by Crippen LogP contribution is 2.25. The van der Waals surface area contributed by atoms with Gasteiger partial charge in [-0.1, -0.05) is 48.0 Å². The molecule has 26 heavy (non-hydrogen) atoms. The maximum atomic E-state index is 12.7. The summed E-state index contributed by atoms with van der Waals surface area (Å²) in [6.45, 7) is 6.94. The summed E-state index contributed by atoms with van der Waals surface area (Å²) in [5, 5.41) is 0.572. The number of carbonyl (C=O) groups is 2. The molecule has 5 heteroatoms. The van der Waals surface area contributed by atoms with Crippen molar-refractivity contribution in [3.05, 3.63) is 64.7 Å². The molecule has 0 radical (unpaired) electrons. The van der Waals surface area contributed by atoms with E-state index in [2.05, 4.69) is 0 Å². The van der Waals surface area contributed by atoms with Crippen LogP contribution in [-0.4, -0.2) is 29.8 Å². The van der Waals surface area contributed by atoms with E-state index < -0.39 is 0 Å². The highest BCUT2D eigenvalue weighted by Gasteiger charge is 2.18. The number of nitrogens with zero attached hydrogens (tertiary/aromatic N) is 2. The quantitative estimate of drug-likeness (QED) is 0.720. The summed E-state index contributed by atoms with van der Waals surface area (Å²) in [4.78, 5) is 28.2. The van der Waals surface area contributed by atoms with E-state index in [-0.39, 0.29) is 18.2 Å². The molecule has 0 saturated carbocycles. The van der Waals surface area contributed by atoms with Crippen molar-refractivity contribution in [2.24, 2.45) is 0 Å². The first-order valence-corrected chi connectivity index (χ1v) is 9.16. The van der Waals surface area contributed by atoms with Crippen LogP contribution < -0.4 is 4.90 Å². The second-order valence-electron chi connectivity index (χ2n) is 6.24. The van der Waals surface area contributed by atoms with Crippen LogP contribution in [0, 0.1) is 6.92 Å². The smallest absolute Gasteiger partial charge is 0.224 e. The van der Waals surface area contributed by atoms with Crippen molar-refractivity contribution in [2.45, 2.75) is 33.7 Å². The Bertz CT molecular complexity index is 762. The van der Waals surface area contributed by atoms with E-state index in [0.717, 1.165) is 16.8 Å². The molecule has 0 bridgehead atoms. The van der Waals surface area contributed by atoms with E-state index >= 15 is 0 Å². The van der Waals surface area contributed by atoms with Crippen LogP contribution >= 0.6 is 11.6 Å². The molecule has 138 valence electrons. The molecular formula is C21H25ClN2O2. The van der Waals surface area contributed by atoms with Crippen molar-refractivity contribution in [3.8, 4) is 0 Å². The monoisotopic (exact) mass is 372 g/mol. The lowest BCUT2D eigenvalue weighted by atomic mass is 10.1. The minimum atomic E-state index is -0.103. The van der Waals surface area contributed by atoms with Gasteiger partial charge in [0.25, 0.3) is 0 Å². The van der Waals surface area contributed by atoms with Crippen LogP contribution in [0.3, 0.4) is 0 Å². The number of aryl methyl sites for hydroxylation is 1. The molecule has 0 aliphatic carbocycles. The number of rotatable bonds is 7. The van der Waals surface area contributed by atoms with Crippen LogP contribution in [0.4, 0.5) is 5.69 Å². The highest BCUT2D eigenvalue weighted by molar-refractivity contribution is 6.31. The maximum Gasteiger partial charge on any atom is 0.224 e. The number of amides is 2. The van der Waals surface area contributed by atoms with Crippen LogP contribution in [0.25, 0.3) is 0 Å². The number of anilines is 1. The van der Waals surface area contributed by atoms with Gasteiger partial charge in [-0.05, 0) is 37.1 Å². The second kappa shape index (κ2) is 9.39. The largest absolute Gasteiger partial charge is 0.339 e. The SMILES string of the molecule is CCN(Cc1ccccc1)C(=O)CCN(C(C)=O)c1cc(Cl)ccc1C. The van der Waals surface area contributed by atoms with Gasteiger partial charge in [-0.15, -0.1) is 0 Å². The fourth-order valence-corrected chi connectivity index (χ4v) is 3.03. The molecule has 0 heterocycles. The lowest BCUT2D eigenvalue weighted by Crippen LogP contribution is -2.36. The standard InChI is InChI=1S/C21H25ClN2O2/c1-4-23(15-18-8-6-5-7-9-18)21(26)12-13-24(17(3)25)20-14-19(22)11-10-16(20)2/h5-11,14H,4,12-13,15H2,1-3H3. The molecule has 0 saturated heterocycles. The first kappa shape index (κ1) is 20.0. The van der Waals surface area contributed by atoms with Crippen LogP contribution in [-0.2, 0) is 16.1 Å². The van der Waals surface area contributed by atoms with Gasteiger partial charge in [-0.3, -0.25) is 9.59 Å². The average molecular weight is 373 g/mol. The molecule has 2 aromatic rings. The van der Waals surface area contributed by atoms with Gasteiger partial charge in [0.15, 0.2) is 0 Å². The molecule has 0 atom stereocenters. The fraction of sp³-hybridized carbons (Fsp3) is 0.333. The Morgan fingerprint density at radius 1 is 1.08 bits per heavy atom. The first-order valence-electron chi connectivity index (χ1n) is 8.78. The minimum absolute atomic E-state index is 0.0299. The fourth-order valence-electron chi connectivity index (χ4n) is 2.87. The van der Waals surface area contributed by atoms with Crippen molar-refractivity contribution < 1.29 is 9.59 Å². The van der Waals surface area contributed by atoms with Gasteiger partial charge >= 0.3 is 0 Å². The predicted molar refractivity (Wildman–Crippen MR) is 106 cm³/mol. The second-order valence-corrected chi connectivity index (χ2v) is 6.68. The zero-order valence-electron chi connectivity index (χ0n) is 15.5. The Morgan fingerprint density at radius 2 is 1.77 bits per heavy atom. The van der Waals surface area contributed by atoms with Gasteiger partial charge < -0.3 is 9.80 Å². The van der Waals surface area contributed by atoms with Crippen LogP contribution in [0.2, 0.25) is 5.02 Å². The van der Waals surface area contributed by atoms with Crippen LogP contribution in [0.5, 0.6) is 0 Å². The molecular weight excluding hydrogens is 348 g/mol. The van der Waals surface area contributed by atoms with Crippen molar-refractivity contribution in [1.82, 2.24) is 4.90 Å². The van der Waals surface area contributed by atoms with Crippen LogP contribution in [0.15, 0.2) is 48.5 Å². The number of benzene rings is 2. The van der Waals surface area contributed by atoms with E-state index in [1.807, 2.05) is 50.2 Å². The van der Waals surface area contributed by atoms with E-state index in [9.17, 15) is 9.59 Å². The Hall–Kier alpha value is -2.33. The average Bonchev–Trinajstić information content (AvgIpc) is 2.63. The van der Waals surface area contributed by atoms with E-state index in [1.54, 1.807) is 21.9 Å². The van der Waals surface area contributed by atoms with Crippen molar-refractivity contribution in [1.29, 1.82) is 0 Å². The molecule has 0 N–H and O–H groups in total. The molecule has 2 rings (SSSR count). The van der Waals surface area contributed by atoms with Crippen LogP contribution in [0.1, 0.15) is 31.4 Å². The number of hydrogen-bond donors (Lipinski definition) is 0. The summed E-state index contributed by atoms with van der Waals surface area (Å²) in [7, 11) is 0. The Labute approximate surface area is 160 Å². The van der Waals surface area contributed by atoms with Gasteiger partial charge in [0.1, 0.15) is 0 Å². The normalized spacial score (nSPS) is 10.5. The third-order valence-corrected chi connectivity index (χ3v) is 4.58. The van der Waals surface area contributed by atoms with Gasteiger partial charge in [-0.2, -0.15) is 0 Å². The topological polar surface area (TPSA) is 40.6 Å². The Morgan fingerprint density at radius 3 is 2.38 bits per heavy atom. The molecule has 0 aliphatic rings. The minimum Gasteiger partial charge on any atom is -0.339 e. The van der Waals surface area contributed by atoms with Gasteiger partial charge in [-0.25, -0.2) is 0 Å². The highest BCUT2D eigenvalue weighted by atomic mass is 35.5. The zero-order chi connectivity index (χ0) is 19.1. The lowest BCUT2D eigenvalue weighted by Gasteiger charge is -2.26. The van der Waals surface area contributed by atoms with E-state index in [4.69, 9.17) is 11.6 Å². The summed E-state index contributed by atoms with van der Waals surface area (Å²) in [6, 6.07) is 15.3. The summed E-state index contributed by atoms with van der Waals surface area (Å²) < 4.78 is 0. The number of hydrogen-bond acceptors (Lipinski definition) is 2. The Kier molecular flexibility index (Phi) is 7.22. The molecule has 0 aromatic heterocycles.